The first-order valence-electron chi connectivity index (χ1n) is 15.9. The van der Waals surface area contributed by atoms with Crippen LogP contribution in [0.5, 0.6) is 0 Å². The van der Waals surface area contributed by atoms with Gasteiger partial charge in [-0.25, -0.2) is 0 Å². The van der Waals surface area contributed by atoms with E-state index in [4.69, 9.17) is 4.74 Å². The zero-order chi connectivity index (χ0) is 31.1. The Kier molecular flexibility index (Phi) is 8.24. The molecule has 3 amide bonds. The first kappa shape index (κ1) is 30.3. The molecule has 4 aliphatic rings. The molecule has 0 saturated carbocycles. The summed E-state index contributed by atoms with van der Waals surface area (Å²) in [6.45, 7) is 7.61. The topological polar surface area (TPSA) is 90.4 Å². The van der Waals surface area contributed by atoms with Crippen LogP contribution in [-0.2, 0) is 25.7 Å². The van der Waals surface area contributed by atoms with E-state index in [0.29, 0.717) is 45.4 Å². The average molecular weight is 598 g/mol. The molecule has 8 heteroatoms. The minimum atomic E-state index is -1.28. The first-order chi connectivity index (χ1) is 21.3. The predicted molar refractivity (Wildman–Crippen MR) is 169 cm³/mol. The van der Waals surface area contributed by atoms with Gasteiger partial charge in [0.25, 0.3) is 5.91 Å². The lowest BCUT2D eigenvalue weighted by Crippen LogP contribution is -2.56. The van der Waals surface area contributed by atoms with Crippen molar-refractivity contribution in [1.29, 1.82) is 0 Å². The van der Waals surface area contributed by atoms with Gasteiger partial charge >= 0.3 is 0 Å². The van der Waals surface area contributed by atoms with Gasteiger partial charge in [-0.15, -0.1) is 0 Å². The van der Waals surface area contributed by atoms with Crippen LogP contribution in [0, 0.1) is 25.7 Å². The Bertz CT molecular complexity index is 1490. The maximum absolute atomic E-state index is 14.8. The van der Waals surface area contributed by atoms with Gasteiger partial charge < -0.3 is 24.5 Å². The van der Waals surface area contributed by atoms with Crippen molar-refractivity contribution >= 4 is 23.4 Å². The predicted octanol–water partition coefficient (Wildman–Crippen LogP) is 4.33. The molecule has 2 aromatic rings. The molecule has 2 saturated heterocycles. The van der Waals surface area contributed by atoms with E-state index in [1.165, 1.54) is 0 Å². The van der Waals surface area contributed by atoms with Gasteiger partial charge in [0, 0.05) is 38.5 Å². The molecule has 232 valence electrons. The fraction of sp³-hybridized carbons (Fsp3) is 0.472. The molecule has 4 aliphatic heterocycles. The highest BCUT2D eigenvalue weighted by Crippen LogP contribution is 2.58. The molecule has 4 heterocycles. The number of nitrogens with zero attached hydrogens (tertiary/aromatic N) is 3. The minimum absolute atomic E-state index is 0.0777. The first-order valence-corrected chi connectivity index (χ1v) is 15.9. The van der Waals surface area contributed by atoms with Crippen LogP contribution in [0.1, 0.15) is 49.3 Å². The SMILES string of the molecule is CC[C@@]12C=CCN(Cc3ccccc3)C(=O)[C@@H]1[C@H]1C(=O)N(CCCCCO)C3C(=O)N(c4cc(C)ccc4C)CC=C[C@@]31O2. The lowest BCUT2D eigenvalue weighted by Gasteiger charge is -2.38. The molecule has 0 bridgehead atoms. The van der Waals surface area contributed by atoms with Crippen LogP contribution >= 0.6 is 0 Å². The number of unbranched alkanes of at least 4 members (excludes halogenated alkanes) is 2. The molecule has 0 aliphatic carbocycles. The van der Waals surface area contributed by atoms with E-state index < -0.39 is 29.1 Å². The van der Waals surface area contributed by atoms with Crippen molar-refractivity contribution in [2.24, 2.45) is 11.8 Å². The van der Waals surface area contributed by atoms with Crippen LogP contribution in [0.25, 0.3) is 0 Å². The highest BCUT2D eigenvalue weighted by Gasteiger charge is 2.75. The molecule has 8 nitrogen and oxygen atoms in total. The van der Waals surface area contributed by atoms with E-state index >= 15 is 0 Å². The second kappa shape index (κ2) is 12.0. The monoisotopic (exact) mass is 597 g/mol. The van der Waals surface area contributed by atoms with Crippen molar-refractivity contribution in [3.63, 3.8) is 0 Å². The molecular formula is C36H43N3O5. The number of carbonyl (C=O) groups is 3. The number of benzene rings is 2. The quantitative estimate of drug-likeness (QED) is 0.344. The van der Waals surface area contributed by atoms with Crippen LogP contribution in [0.3, 0.4) is 0 Å². The van der Waals surface area contributed by atoms with Gasteiger partial charge in [-0.3, -0.25) is 14.4 Å². The molecule has 1 N–H and O–H groups in total. The van der Waals surface area contributed by atoms with E-state index in [9.17, 15) is 19.5 Å². The molecule has 5 atom stereocenters. The third kappa shape index (κ3) is 4.88. The number of anilines is 1. The summed E-state index contributed by atoms with van der Waals surface area (Å²) in [5.74, 6) is -2.12. The van der Waals surface area contributed by atoms with Crippen molar-refractivity contribution in [2.75, 3.05) is 31.1 Å². The van der Waals surface area contributed by atoms with E-state index in [1.54, 1.807) is 9.80 Å². The number of hydrogen-bond acceptors (Lipinski definition) is 5. The Hall–Kier alpha value is -3.75. The van der Waals surface area contributed by atoms with Crippen molar-refractivity contribution in [2.45, 2.75) is 70.2 Å². The maximum Gasteiger partial charge on any atom is 0.253 e. The third-order valence-corrected chi connectivity index (χ3v) is 9.95. The summed E-state index contributed by atoms with van der Waals surface area (Å²) < 4.78 is 7.11. The lowest BCUT2D eigenvalue weighted by molar-refractivity contribution is -0.150. The van der Waals surface area contributed by atoms with Crippen LogP contribution in [0.4, 0.5) is 5.69 Å². The van der Waals surface area contributed by atoms with Gasteiger partial charge in [0.1, 0.15) is 11.6 Å². The molecule has 44 heavy (non-hydrogen) atoms. The molecular weight excluding hydrogens is 554 g/mol. The highest BCUT2D eigenvalue weighted by atomic mass is 16.5. The number of carbonyl (C=O) groups excluding carboxylic acids is 3. The van der Waals surface area contributed by atoms with E-state index in [2.05, 4.69) is 0 Å². The summed E-state index contributed by atoms with van der Waals surface area (Å²) in [5.41, 5.74) is 1.55. The van der Waals surface area contributed by atoms with E-state index in [0.717, 1.165) is 28.8 Å². The molecule has 2 fully saturated rings. The molecule has 1 spiro atoms. The normalized spacial score (nSPS) is 29.5. The van der Waals surface area contributed by atoms with Crippen LogP contribution in [0.15, 0.2) is 72.8 Å². The van der Waals surface area contributed by atoms with Gasteiger partial charge in [-0.1, -0.05) is 73.7 Å². The number of amides is 3. The van der Waals surface area contributed by atoms with Crippen molar-refractivity contribution < 1.29 is 24.2 Å². The van der Waals surface area contributed by atoms with Gasteiger partial charge in [0.15, 0.2) is 0 Å². The van der Waals surface area contributed by atoms with Crippen molar-refractivity contribution in [3.8, 4) is 0 Å². The molecule has 2 aromatic carbocycles. The summed E-state index contributed by atoms with van der Waals surface area (Å²) in [7, 11) is 0. The van der Waals surface area contributed by atoms with Crippen LogP contribution < -0.4 is 4.90 Å². The minimum Gasteiger partial charge on any atom is -0.396 e. The second-order valence-corrected chi connectivity index (χ2v) is 12.7. The fourth-order valence-corrected chi connectivity index (χ4v) is 7.79. The summed E-state index contributed by atoms with van der Waals surface area (Å²) in [4.78, 5) is 49.3. The fourth-order valence-electron chi connectivity index (χ4n) is 7.79. The highest BCUT2D eigenvalue weighted by molar-refractivity contribution is 6.06. The number of rotatable bonds is 9. The summed E-state index contributed by atoms with van der Waals surface area (Å²) in [6, 6.07) is 15.0. The Morgan fingerprint density at radius 1 is 0.886 bits per heavy atom. The number of hydrogen-bond donors (Lipinski definition) is 1. The van der Waals surface area contributed by atoms with Gasteiger partial charge in [-0.2, -0.15) is 0 Å². The van der Waals surface area contributed by atoms with Gasteiger partial charge in [0.2, 0.25) is 11.8 Å². The van der Waals surface area contributed by atoms with E-state index in [-0.39, 0.29) is 24.3 Å². The summed E-state index contributed by atoms with van der Waals surface area (Å²) in [6.07, 6.45) is 10.3. The lowest BCUT2D eigenvalue weighted by atomic mass is 9.73. The molecule has 0 radical (unpaired) electrons. The van der Waals surface area contributed by atoms with Gasteiger partial charge in [-0.05, 0) is 62.3 Å². The Morgan fingerprint density at radius 2 is 1.66 bits per heavy atom. The zero-order valence-corrected chi connectivity index (χ0v) is 25.9. The second-order valence-electron chi connectivity index (χ2n) is 12.7. The number of aryl methyl sites for hydroxylation is 2. The maximum atomic E-state index is 14.8. The molecule has 6 rings (SSSR count). The molecule has 0 aromatic heterocycles. The largest absolute Gasteiger partial charge is 0.396 e. The smallest absolute Gasteiger partial charge is 0.253 e. The summed E-state index contributed by atoms with van der Waals surface area (Å²) >= 11 is 0. The number of fused-ring (bicyclic) bond motifs is 2. The van der Waals surface area contributed by atoms with Crippen LogP contribution in [0.2, 0.25) is 0 Å². The standard InChI is InChI=1S/C36H43N3O5/c1-4-35-17-11-19-37(24-27-13-7-5-8-14-27)32(41)29(35)30-33(42)39(20-9-6-10-22-40)31-34(43)38(21-12-18-36(30,31)44-35)28-23-25(2)15-16-26(28)3/h5,7-8,11-18,23,29-31,40H,4,6,9-10,19-22,24H2,1-3H3/t29-,30-,31?,35+,36-/m0/s1. The number of aliphatic hydroxyl groups excluding tert-OH is 1. The Balaban J connectivity index is 1.44. The van der Waals surface area contributed by atoms with Gasteiger partial charge in [0.05, 0.1) is 17.4 Å². The Labute approximate surface area is 260 Å². The Morgan fingerprint density at radius 3 is 2.41 bits per heavy atom. The van der Waals surface area contributed by atoms with Crippen molar-refractivity contribution in [1.82, 2.24) is 9.80 Å². The third-order valence-electron chi connectivity index (χ3n) is 9.95. The van der Waals surface area contributed by atoms with Crippen molar-refractivity contribution in [3.05, 3.63) is 89.5 Å². The summed E-state index contributed by atoms with van der Waals surface area (Å²) in [5, 5.41) is 9.37. The number of aliphatic hydroxyl groups is 1. The van der Waals surface area contributed by atoms with Crippen LogP contribution in [-0.4, -0.2) is 76.1 Å². The zero-order valence-electron chi connectivity index (χ0n) is 25.9. The molecule has 1 unspecified atom stereocenters. The number of ether oxygens (including phenoxy) is 1. The average Bonchev–Trinajstić information content (AvgIpc) is 3.31. The number of likely N-dealkylation sites (tertiary alicyclic amines) is 1. The van der Waals surface area contributed by atoms with E-state index in [1.807, 2.05) is 98.5 Å².